The molecule has 1 saturated heterocycles. The molecule has 0 amide bonds. The second-order valence-electron chi connectivity index (χ2n) is 10.1. The molecule has 146 valence electrons. The Labute approximate surface area is 165 Å². The molecule has 27 heavy (non-hydrogen) atoms. The lowest BCUT2D eigenvalue weighted by atomic mass is 9.80. The zero-order valence-corrected chi connectivity index (χ0v) is 17.7. The van der Waals surface area contributed by atoms with Crippen LogP contribution in [-0.2, 0) is 10.8 Å². The second kappa shape index (κ2) is 7.41. The Hall–Kier alpha value is -1.64. The highest BCUT2D eigenvalue weighted by molar-refractivity contribution is 5.39. The number of nitrogens with one attached hydrogen (secondary N) is 1. The molecule has 2 nitrogen and oxygen atoms in total. The molecule has 2 heteroatoms. The van der Waals surface area contributed by atoms with E-state index in [0.717, 1.165) is 6.42 Å². The van der Waals surface area contributed by atoms with Gasteiger partial charge in [0.1, 0.15) is 0 Å². The van der Waals surface area contributed by atoms with Crippen molar-refractivity contribution in [1.29, 1.82) is 0 Å². The van der Waals surface area contributed by atoms with E-state index in [4.69, 9.17) is 0 Å². The van der Waals surface area contributed by atoms with Crippen molar-refractivity contribution in [3.63, 3.8) is 0 Å². The van der Waals surface area contributed by atoms with Crippen molar-refractivity contribution in [3.05, 3.63) is 70.8 Å². The number of hydrogen-bond acceptors (Lipinski definition) is 2. The van der Waals surface area contributed by atoms with E-state index in [1.54, 1.807) is 0 Å². The first-order chi connectivity index (χ1) is 12.6. The SMILES string of the molecule is CC(C)(C)c1ccc(C(c2ccc(C(C)(C)C)cc2)[C@@H]2C[C@@H](O)CN2)cc1. The molecule has 2 aromatic carbocycles. The van der Waals surface area contributed by atoms with Gasteiger partial charge in [0, 0.05) is 18.5 Å². The van der Waals surface area contributed by atoms with E-state index >= 15 is 0 Å². The Morgan fingerprint density at radius 1 is 0.778 bits per heavy atom. The van der Waals surface area contributed by atoms with Gasteiger partial charge in [0.05, 0.1) is 6.10 Å². The summed E-state index contributed by atoms with van der Waals surface area (Å²) < 4.78 is 0. The highest BCUT2D eigenvalue weighted by atomic mass is 16.3. The van der Waals surface area contributed by atoms with E-state index in [1.165, 1.54) is 22.3 Å². The third kappa shape index (κ3) is 4.62. The largest absolute Gasteiger partial charge is 0.392 e. The van der Waals surface area contributed by atoms with Crippen LogP contribution in [0.15, 0.2) is 48.5 Å². The van der Waals surface area contributed by atoms with Gasteiger partial charge in [-0.1, -0.05) is 90.1 Å². The third-order valence-electron chi connectivity index (χ3n) is 5.82. The molecule has 0 radical (unpaired) electrons. The van der Waals surface area contributed by atoms with Crippen LogP contribution in [0.5, 0.6) is 0 Å². The minimum Gasteiger partial charge on any atom is -0.392 e. The maximum absolute atomic E-state index is 10.1. The van der Waals surface area contributed by atoms with Crippen LogP contribution in [-0.4, -0.2) is 23.8 Å². The van der Waals surface area contributed by atoms with Crippen molar-refractivity contribution in [2.75, 3.05) is 6.54 Å². The van der Waals surface area contributed by atoms with Crippen molar-refractivity contribution < 1.29 is 5.11 Å². The van der Waals surface area contributed by atoms with Gasteiger partial charge in [-0.3, -0.25) is 0 Å². The van der Waals surface area contributed by atoms with E-state index < -0.39 is 0 Å². The molecular formula is C25H35NO. The van der Waals surface area contributed by atoms with Crippen molar-refractivity contribution >= 4 is 0 Å². The van der Waals surface area contributed by atoms with Crippen LogP contribution in [0.1, 0.15) is 76.1 Å². The summed E-state index contributed by atoms with van der Waals surface area (Å²) in [4.78, 5) is 0. The predicted octanol–water partition coefficient (Wildman–Crippen LogP) is 5.14. The number of aliphatic hydroxyl groups excluding tert-OH is 1. The number of benzene rings is 2. The van der Waals surface area contributed by atoms with E-state index in [1.807, 2.05) is 0 Å². The fourth-order valence-electron chi connectivity index (χ4n) is 4.04. The molecule has 0 unspecified atom stereocenters. The van der Waals surface area contributed by atoms with E-state index in [-0.39, 0.29) is 28.9 Å². The smallest absolute Gasteiger partial charge is 0.0679 e. The summed E-state index contributed by atoms with van der Waals surface area (Å²) in [5, 5.41) is 13.6. The van der Waals surface area contributed by atoms with E-state index in [2.05, 4.69) is 95.4 Å². The van der Waals surface area contributed by atoms with Gasteiger partial charge in [0.25, 0.3) is 0 Å². The monoisotopic (exact) mass is 365 g/mol. The van der Waals surface area contributed by atoms with Crippen LogP contribution in [0.3, 0.4) is 0 Å². The first-order valence-corrected chi connectivity index (χ1v) is 10.2. The molecule has 0 saturated carbocycles. The van der Waals surface area contributed by atoms with Crippen molar-refractivity contribution in [2.24, 2.45) is 0 Å². The minimum atomic E-state index is -0.250. The molecule has 1 aliphatic rings. The summed E-state index contributed by atoms with van der Waals surface area (Å²) in [7, 11) is 0. The lowest BCUT2D eigenvalue weighted by Gasteiger charge is -2.27. The lowest BCUT2D eigenvalue weighted by molar-refractivity contribution is 0.192. The summed E-state index contributed by atoms with van der Waals surface area (Å²) in [5.41, 5.74) is 5.66. The molecule has 1 fully saturated rings. The molecule has 2 N–H and O–H groups in total. The number of aliphatic hydroxyl groups is 1. The lowest BCUT2D eigenvalue weighted by Crippen LogP contribution is -2.29. The summed E-state index contributed by atoms with van der Waals surface area (Å²) >= 11 is 0. The molecule has 1 aliphatic heterocycles. The first-order valence-electron chi connectivity index (χ1n) is 10.2. The molecule has 1 heterocycles. The number of β-amino-alcohol motifs (C(OH)–C–C–N with tert-alkyl or cyclic N) is 1. The molecular weight excluding hydrogens is 330 g/mol. The molecule has 0 bridgehead atoms. The van der Waals surface area contributed by atoms with Gasteiger partial charge in [0.15, 0.2) is 0 Å². The zero-order valence-electron chi connectivity index (χ0n) is 17.7. The average Bonchev–Trinajstić information content (AvgIpc) is 3.00. The normalized spacial score (nSPS) is 21.0. The Bertz CT molecular complexity index is 689. The second-order valence-corrected chi connectivity index (χ2v) is 10.1. The maximum Gasteiger partial charge on any atom is 0.0679 e. The van der Waals surface area contributed by atoms with Crippen molar-refractivity contribution in [1.82, 2.24) is 5.32 Å². The highest BCUT2D eigenvalue weighted by Crippen LogP contribution is 2.35. The highest BCUT2D eigenvalue weighted by Gasteiger charge is 2.32. The molecule has 0 aromatic heterocycles. The molecule has 0 aliphatic carbocycles. The van der Waals surface area contributed by atoms with Crippen LogP contribution >= 0.6 is 0 Å². The molecule has 2 atom stereocenters. The van der Waals surface area contributed by atoms with Gasteiger partial charge >= 0.3 is 0 Å². The fourth-order valence-corrected chi connectivity index (χ4v) is 4.04. The van der Waals surface area contributed by atoms with Crippen molar-refractivity contribution in [3.8, 4) is 0 Å². The van der Waals surface area contributed by atoms with E-state index in [9.17, 15) is 5.11 Å². The minimum absolute atomic E-state index is 0.157. The summed E-state index contributed by atoms with van der Waals surface area (Å²) in [6.07, 6.45) is 0.549. The molecule has 0 spiro atoms. The van der Waals surface area contributed by atoms with Gasteiger partial charge < -0.3 is 10.4 Å². The molecule has 3 rings (SSSR count). The Kier molecular flexibility index (Phi) is 5.52. The predicted molar refractivity (Wildman–Crippen MR) is 115 cm³/mol. The zero-order chi connectivity index (χ0) is 19.8. The van der Waals surface area contributed by atoms with Gasteiger partial charge in [-0.15, -0.1) is 0 Å². The Balaban J connectivity index is 1.97. The Morgan fingerprint density at radius 2 is 1.19 bits per heavy atom. The van der Waals surface area contributed by atoms with Crippen molar-refractivity contribution in [2.45, 2.75) is 76.9 Å². The topological polar surface area (TPSA) is 32.3 Å². The quantitative estimate of drug-likeness (QED) is 0.790. The van der Waals surface area contributed by atoms with E-state index in [0.29, 0.717) is 6.54 Å². The van der Waals surface area contributed by atoms with Crippen LogP contribution < -0.4 is 5.32 Å². The van der Waals surface area contributed by atoms with Crippen LogP contribution in [0, 0.1) is 0 Å². The fraction of sp³-hybridized carbons (Fsp3) is 0.520. The summed E-state index contributed by atoms with van der Waals surface area (Å²) in [5.74, 6) is 0.255. The average molecular weight is 366 g/mol. The summed E-state index contributed by atoms with van der Waals surface area (Å²) in [6.45, 7) is 14.2. The Morgan fingerprint density at radius 3 is 1.48 bits per heavy atom. The number of rotatable bonds is 3. The van der Waals surface area contributed by atoms with Gasteiger partial charge in [-0.2, -0.15) is 0 Å². The standard InChI is InChI=1S/C25H35NO/c1-24(2,3)19-11-7-17(8-12-19)23(22-15-21(27)16-26-22)18-9-13-20(14-10-18)25(4,5)6/h7-14,21-23,26-27H,15-16H2,1-6H3/t21-,22+/m1/s1. The van der Waals surface area contributed by atoms with Crippen LogP contribution in [0.2, 0.25) is 0 Å². The van der Waals surface area contributed by atoms with Gasteiger partial charge in [-0.25, -0.2) is 0 Å². The maximum atomic E-state index is 10.1. The van der Waals surface area contributed by atoms with Gasteiger partial charge in [-0.05, 0) is 39.5 Å². The van der Waals surface area contributed by atoms with Crippen LogP contribution in [0.25, 0.3) is 0 Å². The first kappa shape index (κ1) is 20.1. The third-order valence-corrected chi connectivity index (χ3v) is 5.82. The van der Waals surface area contributed by atoms with Gasteiger partial charge in [0.2, 0.25) is 0 Å². The molecule has 2 aromatic rings. The number of hydrogen-bond donors (Lipinski definition) is 2. The van der Waals surface area contributed by atoms with Crippen LogP contribution in [0.4, 0.5) is 0 Å². The summed E-state index contributed by atoms with van der Waals surface area (Å²) in [6, 6.07) is 18.4.